The number of carbonyl (C=O) groups excluding carboxylic acids is 1. The summed E-state index contributed by atoms with van der Waals surface area (Å²) >= 11 is 0. The molecule has 0 radical (unpaired) electrons. The highest BCUT2D eigenvalue weighted by Crippen LogP contribution is 2.57. The van der Waals surface area contributed by atoms with Gasteiger partial charge in [0.15, 0.2) is 11.5 Å². The maximum atomic E-state index is 13.9. The number of pyridine rings is 2. The van der Waals surface area contributed by atoms with Gasteiger partial charge >= 0.3 is 0 Å². The Morgan fingerprint density at radius 1 is 1.21 bits per heavy atom. The lowest BCUT2D eigenvalue weighted by Gasteiger charge is -2.56. The monoisotopic (exact) mass is 533 g/mol. The number of benzene rings is 1. The number of nitrogens with zero attached hydrogens (tertiary/aromatic N) is 2. The van der Waals surface area contributed by atoms with Crippen LogP contribution in [0.1, 0.15) is 75.3 Å². The number of hydrogen-bond acceptors (Lipinski definition) is 8. The molecule has 1 unspecified atom stereocenters. The molecule has 206 valence electrons. The predicted octanol–water partition coefficient (Wildman–Crippen LogP) is 4.34. The molecule has 0 spiro atoms. The Labute approximate surface area is 227 Å². The predicted molar refractivity (Wildman–Crippen MR) is 146 cm³/mol. The van der Waals surface area contributed by atoms with Gasteiger partial charge in [-0.1, -0.05) is 13.8 Å². The quantitative estimate of drug-likeness (QED) is 0.317. The normalized spacial score (nSPS) is 23.3. The fourth-order valence-electron chi connectivity index (χ4n) is 7.23. The van der Waals surface area contributed by atoms with E-state index in [1.54, 1.807) is 11.7 Å². The Kier molecular flexibility index (Phi) is 6.19. The number of rotatable bonds is 9. The van der Waals surface area contributed by atoms with E-state index in [1.807, 2.05) is 19.1 Å². The first-order valence-corrected chi connectivity index (χ1v) is 13.6. The van der Waals surface area contributed by atoms with Crippen molar-refractivity contribution < 1.29 is 23.7 Å². The van der Waals surface area contributed by atoms with E-state index in [0.717, 1.165) is 59.4 Å². The van der Waals surface area contributed by atoms with Gasteiger partial charge in [0.1, 0.15) is 6.61 Å². The van der Waals surface area contributed by atoms with Crippen LogP contribution in [0.25, 0.3) is 22.3 Å². The van der Waals surface area contributed by atoms with Crippen molar-refractivity contribution in [3.63, 3.8) is 0 Å². The number of carbonyl (C=O) groups is 1. The molecule has 1 aliphatic carbocycles. The van der Waals surface area contributed by atoms with Gasteiger partial charge in [-0.15, -0.1) is 0 Å². The zero-order valence-corrected chi connectivity index (χ0v) is 23.2. The van der Waals surface area contributed by atoms with Crippen molar-refractivity contribution in [1.29, 1.82) is 0 Å². The Balaban J connectivity index is 1.61. The average Bonchev–Trinajstić information content (AvgIpc) is 3.52. The molecule has 0 amide bonds. The zero-order chi connectivity index (χ0) is 27.5. The molecule has 2 aliphatic heterocycles. The smallest absolute Gasteiger partial charge is 0.293 e. The van der Waals surface area contributed by atoms with E-state index in [9.17, 15) is 9.59 Å². The van der Waals surface area contributed by atoms with Gasteiger partial charge in [-0.2, -0.15) is 0 Å². The molecule has 1 atom stereocenters. The van der Waals surface area contributed by atoms with Gasteiger partial charge < -0.3 is 28.8 Å². The molecule has 1 fully saturated rings. The van der Waals surface area contributed by atoms with Crippen molar-refractivity contribution in [3.8, 4) is 22.9 Å². The molecule has 0 saturated heterocycles. The Hall–Kier alpha value is -3.43. The van der Waals surface area contributed by atoms with E-state index in [-0.39, 0.29) is 36.0 Å². The first-order chi connectivity index (χ1) is 18.8. The van der Waals surface area contributed by atoms with Crippen molar-refractivity contribution in [3.05, 3.63) is 50.8 Å². The summed E-state index contributed by atoms with van der Waals surface area (Å²) in [5.41, 5.74) is 5.62. The van der Waals surface area contributed by atoms with Crippen molar-refractivity contribution in [2.24, 2.45) is 0 Å². The van der Waals surface area contributed by atoms with Crippen LogP contribution in [0.5, 0.6) is 11.5 Å². The standard InChI is InChI=1S/C30H35N3O6/c1-6-30(13-29(4,14-30)31-7-2)26-19-9-24-25(39-16-38-24)10-22(19)32-27-20(26)11-33-23(27)8-18(17(3)36-5)21(28(33)35)12-37-15-34/h8-10,15,17,31H,6-7,11-14,16H2,1-5H3. The second kappa shape index (κ2) is 9.34. The third kappa shape index (κ3) is 3.85. The fraction of sp³-hybridized carbons (Fsp3) is 0.500. The van der Waals surface area contributed by atoms with E-state index in [0.29, 0.717) is 29.9 Å². The fourth-order valence-corrected chi connectivity index (χ4v) is 7.23. The number of fused-ring (bicyclic) bond motifs is 5. The van der Waals surface area contributed by atoms with Crippen LogP contribution in [0.3, 0.4) is 0 Å². The van der Waals surface area contributed by atoms with E-state index in [2.05, 4.69) is 32.2 Å². The summed E-state index contributed by atoms with van der Waals surface area (Å²) in [5.74, 6) is 1.41. The Bertz CT molecular complexity index is 1540. The lowest BCUT2D eigenvalue weighted by Crippen LogP contribution is -2.60. The van der Waals surface area contributed by atoms with E-state index >= 15 is 0 Å². The van der Waals surface area contributed by atoms with Crippen LogP contribution in [-0.2, 0) is 32.8 Å². The molecule has 1 aromatic carbocycles. The average molecular weight is 534 g/mol. The SMILES string of the molecule is CCNC1(C)CC(CC)(c2c3c(nc4cc5c(cc24)OCO5)-c2cc(C(C)OC)c(COC=O)c(=O)n2C3)C1. The molecule has 3 aliphatic rings. The third-order valence-corrected chi connectivity index (χ3v) is 8.93. The summed E-state index contributed by atoms with van der Waals surface area (Å²) in [5, 5.41) is 4.73. The van der Waals surface area contributed by atoms with Crippen LogP contribution in [0.4, 0.5) is 0 Å². The van der Waals surface area contributed by atoms with Crippen molar-refractivity contribution in [2.75, 3.05) is 20.4 Å². The largest absolute Gasteiger partial charge is 0.463 e. The van der Waals surface area contributed by atoms with Crippen molar-refractivity contribution in [2.45, 2.75) is 77.2 Å². The Morgan fingerprint density at radius 2 is 1.95 bits per heavy atom. The minimum Gasteiger partial charge on any atom is -0.463 e. The van der Waals surface area contributed by atoms with Crippen LogP contribution in [0.2, 0.25) is 0 Å². The van der Waals surface area contributed by atoms with Crippen molar-refractivity contribution in [1.82, 2.24) is 14.9 Å². The summed E-state index contributed by atoms with van der Waals surface area (Å²) < 4.78 is 23.9. The van der Waals surface area contributed by atoms with Gasteiger partial charge in [0, 0.05) is 29.7 Å². The minimum atomic E-state index is -0.360. The zero-order valence-electron chi connectivity index (χ0n) is 23.2. The number of aromatic nitrogens is 2. The van der Waals surface area contributed by atoms with Crippen molar-refractivity contribution >= 4 is 17.4 Å². The molecule has 2 aromatic heterocycles. The van der Waals surface area contributed by atoms with Gasteiger partial charge in [0.05, 0.1) is 35.1 Å². The number of hydrogen-bond donors (Lipinski definition) is 1. The molecule has 9 heteroatoms. The van der Waals surface area contributed by atoms with Gasteiger partial charge in [0.25, 0.3) is 12.0 Å². The number of methoxy groups -OCH3 is 1. The van der Waals surface area contributed by atoms with Crippen LogP contribution in [0.15, 0.2) is 23.0 Å². The Morgan fingerprint density at radius 3 is 2.62 bits per heavy atom. The number of ether oxygens (including phenoxy) is 4. The highest BCUT2D eigenvalue weighted by atomic mass is 16.7. The maximum Gasteiger partial charge on any atom is 0.293 e. The first-order valence-electron chi connectivity index (χ1n) is 13.6. The molecular weight excluding hydrogens is 498 g/mol. The second-order valence-electron chi connectivity index (χ2n) is 11.3. The van der Waals surface area contributed by atoms with Crippen LogP contribution < -0.4 is 20.3 Å². The first kappa shape index (κ1) is 25.8. The minimum absolute atomic E-state index is 0.0479. The van der Waals surface area contributed by atoms with Gasteiger partial charge in [-0.25, -0.2) is 4.98 Å². The molecule has 4 heterocycles. The van der Waals surface area contributed by atoms with Crippen LogP contribution in [0, 0.1) is 0 Å². The van der Waals surface area contributed by atoms with Crippen LogP contribution in [-0.4, -0.2) is 42.0 Å². The maximum absolute atomic E-state index is 13.9. The van der Waals surface area contributed by atoms with E-state index in [4.69, 9.17) is 23.9 Å². The molecule has 1 saturated carbocycles. The summed E-state index contributed by atoms with van der Waals surface area (Å²) in [6, 6.07) is 6.00. The lowest BCUT2D eigenvalue weighted by atomic mass is 9.52. The molecule has 39 heavy (non-hydrogen) atoms. The number of nitrogens with one attached hydrogen (secondary N) is 1. The molecule has 1 N–H and O–H groups in total. The topological polar surface area (TPSA) is 101 Å². The second-order valence-corrected chi connectivity index (χ2v) is 11.3. The van der Waals surface area contributed by atoms with E-state index < -0.39 is 0 Å². The molecular formula is C30H35N3O6. The van der Waals surface area contributed by atoms with Gasteiger partial charge in [0.2, 0.25) is 6.79 Å². The summed E-state index contributed by atoms with van der Waals surface area (Å²) in [6.07, 6.45) is 2.57. The summed E-state index contributed by atoms with van der Waals surface area (Å²) in [7, 11) is 1.60. The molecule has 9 nitrogen and oxygen atoms in total. The highest BCUT2D eigenvalue weighted by Gasteiger charge is 2.53. The molecule has 6 rings (SSSR count). The molecule has 0 bridgehead atoms. The summed E-state index contributed by atoms with van der Waals surface area (Å²) in [6.45, 7) is 10.3. The highest BCUT2D eigenvalue weighted by molar-refractivity contribution is 5.92. The third-order valence-electron chi connectivity index (χ3n) is 8.93. The van der Waals surface area contributed by atoms with E-state index in [1.165, 1.54) is 5.56 Å². The molecule has 3 aromatic rings. The van der Waals surface area contributed by atoms with Gasteiger partial charge in [-0.05, 0) is 68.3 Å². The van der Waals surface area contributed by atoms with Crippen LogP contribution >= 0.6 is 0 Å². The summed E-state index contributed by atoms with van der Waals surface area (Å²) in [4.78, 5) is 30.0. The van der Waals surface area contributed by atoms with Gasteiger partial charge in [-0.3, -0.25) is 9.59 Å². The lowest BCUT2D eigenvalue weighted by molar-refractivity contribution is -0.129.